The lowest BCUT2D eigenvalue weighted by molar-refractivity contribution is -0.0278. The van der Waals surface area contributed by atoms with Gasteiger partial charge in [-0.15, -0.1) is 0 Å². The molecule has 294 valence electrons. The van der Waals surface area contributed by atoms with Crippen LogP contribution in [0.3, 0.4) is 0 Å². The quantitative estimate of drug-likeness (QED) is 0.0557. The van der Waals surface area contributed by atoms with E-state index in [1.165, 1.54) is 4.90 Å². The Morgan fingerprint density at radius 3 is 0.882 bits per heavy atom. The molecule has 1 aliphatic rings. The first kappa shape index (κ1) is 45.3. The summed E-state index contributed by atoms with van der Waals surface area (Å²) in [6.07, 6.45) is 0. The van der Waals surface area contributed by atoms with E-state index in [9.17, 15) is 9.59 Å². The van der Waals surface area contributed by atoms with E-state index < -0.39 is 8.32 Å². The summed E-state index contributed by atoms with van der Waals surface area (Å²) in [6.45, 7) is 17.9. The molecule has 0 atom stereocenters. The molecule has 0 spiro atoms. The maximum Gasteiger partial charge on any atom is 0.261 e. The first-order chi connectivity index (χ1) is 24.9. The normalized spacial score (nSPS) is 13.1. The molecule has 0 unspecified atom stereocenters. The lowest BCUT2D eigenvalue weighted by atomic mass is 10.1. The fourth-order valence-electron chi connectivity index (χ4n) is 4.31. The molecule has 16 heteroatoms. The van der Waals surface area contributed by atoms with Crippen molar-refractivity contribution in [3.8, 4) is 0 Å². The maximum atomic E-state index is 12.3. The number of imide groups is 1. The Kier molecular flexibility index (Phi) is 27.1. The first-order valence-electron chi connectivity index (χ1n) is 17.8. The topological polar surface area (TPSA) is 148 Å². The number of rotatable bonds is 37. The minimum absolute atomic E-state index is 0.214. The summed E-state index contributed by atoms with van der Waals surface area (Å²) in [5.74, 6) is -0.556. The summed E-state index contributed by atoms with van der Waals surface area (Å²) in [7, 11) is -1.46. The molecule has 0 saturated heterocycles. The predicted molar refractivity (Wildman–Crippen MR) is 190 cm³/mol. The highest BCUT2D eigenvalue weighted by molar-refractivity contribution is 6.69. The number of nitrogens with zero attached hydrogens (tertiary/aromatic N) is 1. The molecule has 1 aliphatic heterocycles. The van der Waals surface area contributed by atoms with Gasteiger partial charge in [0, 0.05) is 0 Å². The zero-order valence-electron chi connectivity index (χ0n) is 30.9. The third kappa shape index (κ3) is 24.1. The Labute approximate surface area is 304 Å². The second-order valence-corrected chi connectivity index (χ2v) is 16.5. The molecule has 0 N–H and O–H groups in total. The molecule has 0 aliphatic carbocycles. The predicted octanol–water partition coefficient (Wildman–Crippen LogP) is 2.32. The van der Waals surface area contributed by atoms with Gasteiger partial charge in [0.05, 0.1) is 170 Å². The van der Waals surface area contributed by atoms with E-state index in [1.807, 2.05) is 0 Å². The van der Waals surface area contributed by atoms with Crippen molar-refractivity contribution in [3.63, 3.8) is 0 Å². The Bertz CT molecular complexity index is 980. The molecule has 0 fully saturated rings. The molecule has 0 saturated carbocycles. The zero-order chi connectivity index (χ0) is 36.7. The lowest BCUT2D eigenvalue weighted by Crippen LogP contribution is -2.33. The highest BCUT2D eigenvalue weighted by atomic mass is 28.4. The van der Waals surface area contributed by atoms with Crippen LogP contribution in [0.25, 0.3) is 0 Å². The fraction of sp³-hybridized carbons (Fsp3) is 0.771. The molecule has 2 amide bonds. The summed E-state index contributed by atoms with van der Waals surface area (Å²) in [5, 5.41) is 0. The third-order valence-electron chi connectivity index (χ3n) is 6.82. The molecule has 0 aromatic heterocycles. The van der Waals surface area contributed by atoms with Gasteiger partial charge in [0.25, 0.3) is 11.8 Å². The second kappa shape index (κ2) is 30.5. The van der Waals surface area contributed by atoms with E-state index in [1.54, 1.807) is 24.3 Å². The summed E-state index contributed by atoms with van der Waals surface area (Å²) in [6, 6.07) is 6.82. The van der Waals surface area contributed by atoms with Crippen molar-refractivity contribution in [2.45, 2.75) is 19.6 Å². The number of hydrogen-bond donors (Lipinski definition) is 0. The number of fused-ring (bicyclic) bond motifs is 1. The van der Waals surface area contributed by atoms with E-state index in [2.05, 4.69) is 19.6 Å². The third-order valence-corrected chi connectivity index (χ3v) is 7.89. The van der Waals surface area contributed by atoms with Crippen LogP contribution >= 0.6 is 0 Å². The monoisotopic (exact) mass is 747 g/mol. The smallest absolute Gasteiger partial charge is 0.261 e. The van der Waals surface area contributed by atoms with Crippen molar-refractivity contribution < 1.29 is 66.1 Å². The van der Waals surface area contributed by atoms with Gasteiger partial charge in [0.1, 0.15) is 0 Å². The van der Waals surface area contributed by atoms with Crippen molar-refractivity contribution in [2.24, 2.45) is 0 Å². The summed E-state index contributed by atoms with van der Waals surface area (Å²) in [4.78, 5) is 25.8. The summed E-state index contributed by atoms with van der Waals surface area (Å²) >= 11 is 0. The second-order valence-electron chi connectivity index (χ2n) is 12.0. The average molecular weight is 748 g/mol. The van der Waals surface area contributed by atoms with Crippen LogP contribution in [0.15, 0.2) is 24.3 Å². The summed E-state index contributed by atoms with van der Waals surface area (Å²) < 4.78 is 66.0. The Morgan fingerprint density at radius 2 is 0.627 bits per heavy atom. The number of benzene rings is 1. The minimum Gasteiger partial charge on any atom is -0.415 e. The van der Waals surface area contributed by atoms with Gasteiger partial charge in [-0.3, -0.25) is 14.5 Å². The van der Waals surface area contributed by atoms with Crippen LogP contribution in [-0.2, 0) is 56.5 Å². The van der Waals surface area contributed by atoms with Crippen molar-refractivity contribution in [1.82, 2.24) is 4.90 Å². The molecule has 1 heterocycles. The van der Waals surface area contributed by atoms with Gasteiger partial charge in [0.15, 0.2) is 8.32 Å². The van der Waals surface area contributed by atoms with Gasteiger partial charge >= 0.3 is 0 Å². The standard InChI is InChI=1S/C35H61NO14Si/c1-51(2,3)50-31-30-49-29-28-48-27-26-47-25-24-46-23-22-45-21-20-44-19-18-43-17-16-42-15-14-41-13-12-40-11-10-39-9-8-36-34(37)32-6-4-5-7-33(32)35(36)38/h4-7H,8-31H2,1-3H3. The van der Waals surface area contributed by atoms with Crippen molar-refractivity contribution in [1.29, 1.82) is 0 Å². The highest BCUT2D eigenvalue weighted by Gasteiger charge is 2.34. The van der Waals surface area contributed by atoms with Crippen LogP contribution in [0.4, 0.5) is 0 Å². The molecule has 15 nitrogen and oxygen atoms in total. The number of amides is 2. The molecular formula is C35H61NO14Si. The van der Waals surface area contributed by atoms with Gasteiger partial charge in [-0.1, -0.05) is 12.1 Å². The largest absolute Gasteiger partial charge is 0.415 e. The zero-order valence-corrected chi connectivity index (χ0v) is 31.9. The van der Waals surface area contributed by atoms with E-state index in [0.717, 1.165) is 0 Å². The van der Waals surface area contributed by atoms with Crippen LogP contribution in [0, 0.1) is 0 Å². The highest BCUT2D eigenvalue weighted by Crippen LogP contribution is 2.21. The number of ether oxygens (including phenoxy) is 11. The van der Waals surface area contributed by atoms with E-state index in [4.69, 9.17) is 56.5 Å². The molecular weight excluding hydrogens is 686 g/mol. The van der Waals surface area contributed by atoms with E-state index in [-0.39, 0.29) is 25.0 Å². The maximum absolute atomic E-state index is 12.3. The van der Waals surface area contributed by atoms with Crippen molar-refractivity contribution in [2.75, 3.05) is 159 Å². The lowest BCUT2D eigenvalue weighted by Gasteiger charge is -2.16. The van der Waals surface area contributed by atoms with Crippen LogP contribution in [0.5, 0.6) is 0 Å². The van der Waals surface area contributed by atoms with Crippen molar-refractivity contribution in [3.05, 3.63) is 35.4 Å². The number of carbonyl (C=O) groups is 2. The van der Waals surface area contributed by atoms with E-state index in [0.29, 0.717) is 156 Å². The number of carbonyl (C=O) groups excluding carboxylic acids is 2. The Balaban J connectivity index is 1.17. The first-order valence-corrected chi connectivity index (χ1v) is 21.3. The molecule has 1 aromatic rings. The fourth-order valence-corrected chi connectivity index (χ4v) is 5.00. The Hall–Kier alpha value is -1.90. The van der Waals surface area contributed by atoms with Gasteiger partial charge < -0.3 is 56.5 Å². The molecule has 1 aromatic carbocycles. The van der Waals surface area contributed by atoms with Gasteiger partial charge in [-0.05, 0) is 31.8 Å². The van der Waals surface area contributed by atoms with Crippen LogP contribution < -0.4 is 0 Å². The van der Waals surface area contributed by atoms with Crippen LogP contribution in [-0.4, -0.2) is 184 Å². The van der Waals surface area contributed by atoms with Gasteiger partial charge in [-0.2, -0.15) is 0 Å². The molecule has 0 radical (unpaired) electrons. The molecule has 2 rings (SSSR count). The SMILES string of the molecule is C[Si](C)(C)OCCOCCOCCOCCOCCOCCOCCOCCOCCOCCOCCOCCN1C(=O)c2ccccc2C1=O. The van der Waals surface area contributed by atoms with Gasteiger partial charge in [0.2, 0.25) is 0 Å². The minimum atomic E-state index is -1.46. The summed E-state index contributed by atoms with van der Waals surface area (Å²) in [5.41, 5.74) is 0.883. The Morgan fingerprint density at radius 1 is 0.392 bits per heavy atom. The average Bonchev–Trinajstić information content (AvgIpc) is 3.35. The molecule has 0 bridgehead atoms. The van der Waals surface area contributed by atoms with E-state index >= 15 is 0 Å². The molecule has 51 heavy (non-hydrogen) atoms. The van der Waals surface area contributed by atoms with Crippen LogP contribution in [0.1, 0.15) is 20.7 Å². The number of hydrogen-bond acceptors (Lipinski definition) is 14. The van der Waals surface area contributed by atoms with Crippen molar-refractivity contribution >= 4 is 20.1 Å². The van der Waals surface area contributed by atoms with Gasteiger partial charge in [-0.25, -0.2) is 0 Å². The van der Waals surface area contributed by atoms with Crippen LogP contribution in [0.2, 0.25) is 19.6 Å².